The van der Waals surface area contributed by atoms with Crippen molar-refractivity contribution >= 4 is 11.9 Å². The number of likely N-dealkylation sites (tertiary alicyclic amines) is 1. The number of carboxylic acid groups (broad SMARTS) is 1. The Hall–Kier alpha value is -1.88. The van der Waals surface area contributed by atoms with Gasteiger partial charge < -0.3 is 14.7 Å². The maximum Gasteiger partial charge on any atom is 0.308 e. The Labute approximate surface area is 118 Å². The molecule has 0 aromatic heterocycles. The number of carboxylic acids is 1. The molecular formula is C15H19NO4. The normalized spacial score (nSPS) is 22.6. The summed E-state index contributed by atoms with van der Waals surface area (Å²) < 4.78 is 4.90. The highest BCUT2D eigenvalue weighted by Gasteiger charge is 2.35. The van der Waals surface area contributed by atoms with Gasteiger partial charge in [-0.15, -0.1) is 0 Å². The fourth-order valence-corrected chi connectivity index (χ4v) is 2.68. The van der Waals surface area contributed by atoms with E-state index in [0.29, 0.717) is 12.8 Å². The number of piperidine rings is 1. The molecule has 0 spiro atoms. The summed E-state index contributed by atoms with van der Waals surface area (Å²) in [6, 6.07) is 9.66. The Balaban J connectivity index is 2.21. The van der Waals surface area contributed by atoms with E-state index in [-0.39, 0.29) is 25.1 Å². The zero-order valence-corrected chi connectivity index (χ0v) is 11.5. The summed E-state index contributed by atoms with van der Waals surface area (Å²) in [7, 11) is 1.47. The molecule has 1 saturated heterocycles. The minimum atomic E-state index is -0.841. The number of aliphatic carboxylic acids is 1. The second kappa shape index (κ2) is 6.52. The third-order valence-corrected chi connectivity index (χ3v) is 3.70. The summed E-state index contributed by atoms with van der Waals surface area (Å²) in [5, 5.41) is 9.16. The minimum Gasteiger partial charge on any atom is -0.481 e. The highest BCUT2D eigenvalue weighted by atomic mass is 16.5. The number of ether oxygens (including phenoxy) is 1. The van der Waals surface area contributed by atoms with E-state index in [9.17, 15) is 9.59 Å². The van der Waals surface area contributed by atoms with Crippen LogP contribution in [0.5, 0.6) is 0 Å². The molecule has 1 aliphatic rings. The van der Waals surface area contributed by atoms with Crippen LogP contribution in [-0.2, 0) is 14.3 Å². The van der Waals surface area contributed by atoms with Crippen LogP contribution in [0.4, 0.5) is 0 Å². The van der Waals surface area contributed by atoms with Gasteiger partial charge in [-0.25, -0.2) is 0 Å². The number of nitrogens with zero attached hydrogens (tertiary/aromatic N) is 1. The molecule has 1 aromatic carbocycles. The molecular weight excluding hydrogens is 258 g/mol. The summed E-state index contributed by atoms with van der Waals surface area (Å²) in [4.78, 5) is 25.0. The van der Waals surface area contributed by atoms with E-state index in [1.807, 2.05) is 30.3 Å². The molecule has 5 nitrogen and oxygen atoms in total. The van der Waals surface area contributed by atoms with Gasteiger partial charge in [-0.2, -0.15) is 0 Å². The summed E-state index contributed by atoms with van der Waals surface area (Å²) in [5.74, 6) is -1.49. The molecule has 0 saturated carbocycles. The molecule has 2 unspecified atom stereocenters. The molecule has 1 heterocycles. The van der Waals surface area contributed by atoms with E-state index in [4.69, 9.17) is 9.84 Å². The summed E-state index contributed by atoms with van der Waals surface area (Å²) in [6.45, 7) is 0.229. The van der Waals surface area contributed by atoms with Crippen LogP contribution in [-0.4, -0.2) is 42.1 Å². The standard InChI is InChI=1S/C15H19NO4/c1-20-10-14(17)16-9-12(15(18)19)7-8-13(16)11-5-3-2-4-6-11/h2-6,12-13H,7-10H2,1H3,(H,18,19). The van der Waals surface area contributed by atoms with Crippen LogP contribution in [0.1, 0.15) is 24.4 Å². The zero-order chi connectivity index (χ0) is 14.5. The average Bonchev–Trinajstić information content (AvgIpc) is 2.47. The average molecular weight is 277 g/mol. The van der Waals surface area contributed by atoms with Gasteiger partial charge in [-0.3, -0.25) is 9.59 Å². The SMILES string of the molecule is COCC(=O)N1CC(C(=O)O)CCC1c1ccccc1. The number of rotatable bonds is 4. The van der Waals surface area contributed by atoms with Crippen molar-refractivity contribution in [3.05, 3.63) is 35.9 Å². The topological polar surface area (TPSA) is 66.8 Å². The van der Waals surface area contributed by atoms with Gasteiger partial charge in [0, 0.05) is 13.7 Å². The lowest BCUT2D eigenvalue weighted by molar-refractivity contribution is -0.149. The van der Waals surface area contributed by atoms with Crippen molar-refractivity contribution in [2.24, 2.45) is 5.92 Å². The number of carbonyl (C=O) groups is 2. The number of hydrogen-bond donors (Lipinski definition) is 1. The Morgan fingerprint density at radius 3 is 2.60 bits per heavy atom. The van der Waals surface area contributed by atoms with Crippen molar-refractivity contribution in [2.75, 3.05) is 20.3 Å². The van der Waals surface area contributed by atoms with E-state index < -0.39 is 11.9 Å². The predicted molar refractivity (Wildman–Crippen MR) is 73.1 cm³/mol. The minimum absolute atomic E-state index is 0.0182. The summed E-state index contributed by atoms with van der Waals surface area (Å²) in [5.41, 5.74) is 1.04. The highest BCUT2D eigenvalue weighted by molar-refractivity contribution is 5.79. The van der Waals surface area contributed by atoms with Gasteiger partial charge >= 0.3 is 5.97 Å². The molecule has 1 aromatic rings. The van der Waals surface area contributed by atoms with Gasteiger partial charge in [-0.1, -0.05) is 30.3 Å². The van der Waals surface area contributed by atoms with Gasteiger partial charge in [0.05, 0.1) is 12.0 Å². The smallest absolute Gasteiger partial charge is 0.308 e. The number of benzene rings is 1. The van der Waals surface area contributed by atoms with E-state index in [1.165, 1.54) is 7.11 Å². The third-order valence-electron chi connectivity index (χ3n) is 3.70. The van der Waals surface area contributed by atoms with Crippen LogP contribution < -0.4 is 0 Å². The van der Waals surface area contributed by atoms with E-state index in [1.54, 1.807) is 4.90 Å². The molecule has 1 amide bonds. The maximum absolute atomic E-state index is 12.2. The van der Waals surface area contributed by atoms with Crippen molar-refractivity contribution in [3.63, 3.8) is 0 Å². The van der Waals surface area contributed by atoms with Gasteiger partial charge in [-0.05, 0) is 18.4 Å². The predicted octanol–water partition coefficient (Wildman–Crippen LogP) is 1.70. The van der Waals surface area contributed by atoms with Gasteiger partial charge in [0.1, 0.15) is 6.61 Å². The Bertz CT molecular complexity index is 474. The Morgan fingerprint density at radius 2 is 2.00 bits per heavy atom. The van der Waals surface area contributed by atoms with E-state index in [2.05, 4.69) is 0 Å². The second-order valence-corrected chi connectivity index (χ2v) is 5.02. The van der Waals surface area contributed by atoms with Crippen molar-refractivity contribution in [1.29, 1.82) is 0 Å². The zero-order valence-electron chi connectivity index (χ0n) is 11.5. The molecule has 5 heteroatoms. The number of carbonyl (C=O) groups excluding carboxylic acids is 1. The van der Waals surface area contributed by atoms with Crippen LogP contribution in [0.3, 0.4) is 0 Å². The summed E-state index contributed by atoms with van der Waals surface area (Å²) >= 11 is 0. The van der Waals surface area contributed by atoms with Crippen LogP contribution in [0.2, 0.25) is 0 Å². The van der Waals surface area contributed by atoms with Crippen LogP contribution in [0.25, 0.3) is 0 Å². The van der Waals surface area contributed by atoms with Crippen molar-refractivity contribution in [2.45, 2.75) is 18.9 Å². The quantitative estimate of drug-likeness (QED) is 0.909. The van der Waals surface area contributed by atoms with Crippen LogP contribution >= 0.6 is 0 Å². The molecule has 108 valence electrons. The number of amides is 1. The van der Waals surface area contributed by atoms with Crippen molar-refractivity contribution in [1.82, 2.24) is 4.90 Å². The molecule has 0 aliphatic carbocycles. The molecule has 20 heavy (non-hydrogen) atoms. The molecule has 1 aliphatic heterocycles. The first-order valence-electron chi connectivity index (χ1n) is 6.69. The molecule has 0 bridgehead atoms. The number of methoxy groups -OCH3 is 1. The first-order valence-corrected chi connectivity index (χ1v) is 6.69. The third kappa shape index (κ3) is 3.17. The van der Waals surface area contributed by atoms with Crippen molar-refractivity contribution < 1.29 is 19.4 Å². The second-order valence-electron chi connectivity index (χ2n) is 5.02. The van der Waals surface area contributed by atoms with Crippen molar-refractivity contribution in [3.8, 4) is 0 Å². The van der Waals surface area contributed by atoms with Gasteiger partial charge in [0.2, 0.25) is 5.91 Å². The summed E-state index contributed by atoms with van der Waals surface area (Å²) in [6.07, 6.45) is 1.25. The Kier molecular flexibility index (Phi) is 4.74. The molecule has 0 radical (unpaired) electrons. The highest BCUT2D eigenvalue weighted by Crippen LogP contribution is 2.33. The van der Waals surface area contributed by atoms with E-state index in [0.717, 1.165) is 5.56 Å². The van der Waals surface area contributed by atoms with Crippen LogP contribution in [0, 0.1) is 5.92 Å². The first-order chi connectivity index (χ1) is 9.63. The fraction of sp³-hybridized carbons (Fsp3) is 0.467. The van der Waals surface area contributed by atoms with E-state index >= 15 is 0 Å². The van der Waals surface area contributed by atoms with Gasteiger partial charge in [0.15, 0.2) is 0 Å². The maximum atomic E-state index is 12.2. The lowest BCUT2D eigenvalue weighted by Crippen LogP contribution is -2.45. The molecule has 1 fully saturated rings. The molecule has 2 rings (SSSR count). The molecule has 1 N–H and O–H groups in total. The first kappa shape index (κ1) is 14.5. The van der Waals surface area contributed by atoms with Crippen LogP contribution in [0.15, 0.2) is 30.3 Å². The molecule has 2 atom stereocenters. The number of hydrogen-bond acceptors (Lipinski definition) is 3. The largest absolute Gasteiger partial charge is 0.481 e. The lowest BCUT2D eigenvalue weighted by Gasteiger charge is -2.38. The monoisotopic (exact) mass is 277 g/mol. The van der Waals surface area contributed by atoms with Gasteiger partial charge in [0.25, 0.3) is 0 Å². The fourth-order valence-electron chi connectivity index (χ4n) is 2.68. The lowest BCUT2D eigenvalue weighted by atomic mass is 9.89. The Morgan fingerprint density at radius 1 is 1.30 bits per heavy atom.